The Kier molecular flexibility index (Phi) is 3.84. The van der Waals surface area contributed by atoms with Crippen molar-refractivity contribution in [2.45, 2.75) is 38.6 Å². The molecule has 4 heteroatoms. The largest absolute Gasteiger partial charge is 0.456 e. The van der Waals surface area contributed by atoms with Gasteiger partial charge < -0.3 is 15.1 Å². The van der Waals surface area contributed by atoms with Crippen LogP contribution in [0, 0.1) is 6.92 Å². The van der Waals surface area contributed by atoms with Gasteiger partial charge in [0.2, 0.25) is 0 Å². The Morgan fingerprint density at radius 3 is 2.94 bits per heavy atom. The van der Waals surface area contributed by atoms with Gasteiger partial charge in [0.05, 0.1) is 0 Å². The summed E-state index contributed by atoms with van der Waals surface area (Å²) in [4.78, 5) is 14.2. The lowest BCUT2D eigenvalue weighted by molar-refractivity contribution is 0.0655. The first-order valence-corrected chi connectivity index (χ1v) is 6.30. The van der Waals surface area contributed by atoms with Crippen LogP contribution in [0.5, 0.6) is 0 Å². The third kappa shape index (κ3) is 2.69. The first-order chi connectivity index (χ1) is 8.22. The maximum atomic E-state index is 12.3. The van der Waals surface area contributed by atoms with Crippen molar-refractivity contribution in [2.24, 2.45) is 5.73 Å². The highest BCUT2D eigenvalue weighted by molar-refractivity contribution is 5.91. The zero-order chi connectivity index (χ0) is 12.3. The number of amides is 1. The monoisotopic (exact) mass is 236 g/mol. The van der Waals surface area contributed by atoms with E-state index >= 15 is 0 Å². The number of furan rings is 1. The SMILES string of the molecule is Cc1ccc(C(=O)N2CCCCCC2CN)o1. The molecule has 17 heavy (non-hydrogen) atoms. The Balaban J connectivity index is 2.15. The maximum Gasteiger partial charge on any atom is 0.289 e. The van der Waals surface area contributed by atoms with Gasteiger partial charge in [0, 0.05) is 19.1 Å². The lowest BCUT2D eigenvalue weighted by atomic mass is 10.1. The fourth-order valence-electron chi connectivity index (χ4n) is 2.38. The second-order valence-corrected chi connectivity index (χ2v) is 4.65. The average molecular weight is 236 g/mol. The van der Waals surface area contributed by atoms with Gasteiger partial charge in [0.15, 0.2) is 5.76 Å². The average Bonchev–Trinajstić information content (AvgIpc) is 2.64. The van der Waals surface area contributed by atoms with Crippen molar-refractivity contribution in [3.63, 3.8) is 0 Å². The second-order valence-electron chi connectivity index (χ2n) is 4.65. The summed E-state index contributed by atoms with van der Waals surface area (Å²) in [5, 5.41) is 0. The Labute approximate surface area is 102 Å². The van der Waals surface area contributed by atoms with Crippen LogP contribution in [0.25, 0.3) is 0 Å². The molecule has 1 amide bonds. The van der Waals surface area contributed by atoms with E-state index in [0.717, 1.165) is 31.6 Å². The molecule has 0 aliphatic carbocycles. The first kappa shape index (κ1) is 12.2. The fourth-order valence-corrected chi connectivity index (χ4v) is 2.38. The van der Waals surface area contributed by atoms with E-state index in [1.165, 1.54) is 6.42 Å². The molecule has 1 aromatic heterocycles. The molecule has 0 radical (unpaired) electrons. The van der Waals surface area contributed by atoms with Gasteiger partial charge in [0.25, 0.3) is 5.91 Å². The van der Waals surface area contributed by atoms with E-state index in [2.05, 4.69) is 0 Å². The van der Waals surface area contributed by atoms with Crippen molar-refractivity contribution in [2.75, 3.05) is 13.1 Å². The predicted molar refractivity (Wildman–Crippen MR) is 65.8 cm³/mol. The lowest BCUT2D eigenvalue weighted by Gasteiger charge is -2.28. The van der Waals surface area contributed by atoms with Crippen molar-refractivity contribution in [1.82, 2.24) is 4.90 Å². The fraction of sp³-hybridized carbons (Fsp3) is 0.615. The minimum atomic E-state index is -0.0181. The van der Waals surface area contributed by atoms with Crippen molar-refractivity contribution >= 4 is 5.91 Å². The van der Waals surface area contributed by atoms with Crippen LogP contribution >= 0.6 is 0 Å². The predicted octanol–water partition coefficient (Wildman–Crippen LogP) is 1.93. The van der Waals surface area contributed by atoms with Gasteiger partial charge in [-0.25, -0.2) is 0 Å². The summed E-state index contributed by atoms with van der Waals surface area (Å²) in [6.07, 6.45) is 4.39. The molecule has 2 rings (SSSR count). The smallest absolute Gasteiger partial charge is 0.289 e. The van der Waals surface area contributed by atoms with Crippen LogP contribution in [0.4, 0.5) is 0 Å². The molecule has 4 nitrogen and oxygen atoms in total. The van der Waals surface area contributed by atoms with Crippen molar-refractivity contribution < 1.29 is 9.21 Å². The maximum absolute atomic E-state index is 12.3. The zero-order valence-electron chi connectivity index (χ0n) is 10.3. The summed E-state index contributed by atoms with van der Waals surface area (Å²) in [7, 11) is 0. The van der Waals surface area contributed by atoms with Crippen molar-refractivity contribution in [3.05, 3.63) is 23.7 Å². The number of aryl methyl sites for hydroxylation is 1. The molecule has 1 fully saturated rings. The third-order valence-electron chi connectivity index (χ3n) is 3.36. The highest BCUT2D eigenvalue weighted by Crippen LogP contribution is 2.19. The highest BCUT2D eigenvalue weighted by Gasteiger charge is 2.26. The van der Waals surface area contributed by atoms with E-state index in [4.69, 9.17) is 10.2 Å². The Morgan fingerprint density at radius 1 is 1.47 bits per heavy atom. The molecule has 1 saturated heterocycles. The van der Waals surface area contributed by atoms with E-state index < -0.39 is 0 Å². The molecule has 1 aromatic rings. The van der Waals surface area contributed by atoms with Crippen LogP contribution in [-0.2, 0) is 0 Å². The summed E-state index contributed by atoms with van der Waals surface area (Å²) in [5.41, 5.74) is 5.76. The number of likely N-dealkylation sites (tertiary alicyclic amines) is 1. The lowest BCUT2D eigenvalue weighted by Crippen LogP contribution is -2.44. The molecule has 1 unspecified atom stereocenters. The molecular weight excluding hydrogens is 216 g/mol. The molecule has 1 aliphatic rings. The molecular formula is C13H20N2O2. The van der Waals surface area contributed by atoms with Gasteiger partial charge in [-0.05, 0) is 31.9 Å². The Bertz CT molecular complexity index is 387. The van der Waals surface area contributed by atoms with E-state index in [-0.39, 0.29) is 11.9 Å². The van der Waals surface area contributed by atoms with Crippen molar-refractivity contribution in [1.29, 1.82) is 0 Å². The van der Waals surface area contributed by atoms with E-state index in [0.29, 0.717) is 12.3 Å². The van der Waals surface area contributed by atoms with Gasteiger partial charge in [0.1, 0.15) is 5.76 Å². The molecule has 1 aliphatic heterocycles. The van der Waals surface area contributed by atoms with Crippen LogP contribution in [0.15, 0.2) is 16.5 Å². The number of rotatable bonds is 2. The number of hydrogen-bond donors (Lipinski definition) is 1. The topological polar surface area (TPSA) is 59.5 Å². The Morgan fingerprint density at radius 2 is 2.29 bits per heavy atom. The van der Waals surface area contributed by atoms with Gasteiger partial charge in [-0.2, -0.15) is 0 Å². The molecule has 0 saturated carbocycles. The number of nitrogens with two attached hydrogens (primary N) is 1. The summed E-state index contributed by atoms with van der Waals surface area (Å²) in [6.45, 7) is 3.17. The van der Waals surface area contributed by atoms with Crippen LogP contribution in [0.2, 0.25) is 0 Å². The summed E-state index contributed by atoms with van der Waals surface area (Å²) >= 11 is 0. The molecule has 0 aromatic carbocycles. The standard InChI is InChI=1S/C13H20N2O2/c1-10-6-7-12(17-10)13(16)15-8-4-2-3-5-11(15)9-14/h6-7,11H,2-5,8-9,14H2,1H3. The number of carbonyl (C=O) groups excluding carboxylic acids is 1. The zero-order valence-corrected chi connectivity index (χ0v) is 10.3. The van der Waals surface area contributed by atoms with Crippen LogP contribution < -0.4 is 5.73 Å². The summed E-state index contributed by atoms with van der Waals surface area (Å²) in [6, 6.07) is 3.73. The normalized spacial score (nSPS) is 21.3. The molecule has 2 heterocycles. The summed E-state index contributed by atoms with van der Waals surface area (Å²) < 4.78 is 5.40. The van der Waals surface area contributed by atoms with Crippen molar-refractivity contribution in [3.8, 4) is 0 Å². The van der Waals surface area contributed by atoms with Crippen LogP contribution in [-0.4, -0.2) is 29.9 Å². The number of carbonyl (C=O) groups is 1. The Hall–Kier alpha value is -1.29. The van der Waals surface area contributed by atoms with Crippen LogP contribution in [0.3, 0.4) is 0 Å². The van der Waals surface area contributed by atoms with E-state index in [9.17, 15) is 4.79 Å². The van der Waals surface area contributed by atoms with Gasteiger partial charge in [-0.15, -0.1) is 0 Å². The number of hydrogen-bond acceptors (Lipinski definition) is 3. The van der Waals surface area contributed by atoms with E-state index in [1.54, 1.807) is 6.07 Å². The minimum Gasteiger partial charge on any atom is -0.456 e. The van der Waals surface area contributed by atoms with E-state index in [1.807, 2.05) is 17.9 Å². The van der Waals surface area contributed by atoms with Gasteiger partial charge >= 0.3 is 0 Å². The highest BCUT2D eigenvalue weighted by atomic mass is 16.3. The van der Waals surface area contributed by atoms with Gasteiger partial charge in [-0.3, -0.25) is 4.79 Å². The third-order valence-corrected chi connectivity index (χ3v) is 3.36. The molecule has 0 bridgehead atoms. The van der Waals surface area contributed by atoms with Crippen LogP contribution in [0.1, 0.15) is 42.0 Å². The molecule has 2 N–H and O–H groups in total. The minimum absolute atomic E-state index is 0.0181. The number of nitrogens with zero attached hydrogens (tertiary/aromatic N) is 1. The second kappa shape index (κ2) is 5.36. The first-order valence-electron chi connectivity index (χ1n) is 6.30. The molecule has 0 spiro atoms. The van der Waals surface area contributed by atoms with Gasteiger partial charge in [-0.1, -0.05) is 12.8 Å². The molecule has 94 valence electrons. The quantitative estimate of drug-likeness (QED) is 0.853. The molecule has 1 atom stereocenters. The summed E-state index contributed by atoms with van der Waals surface area (Å²) in [5.74, 6) is 1.19.